The maximum Gasteiger partial charge on any atom is 0.266 e. The van der Waals surface area contributed by atoms with Gasteiger partial charge >= 0.3 is 0 Å². The highest BCUT2D eigenvalue weighted by molar-refractivity contribution is 5.93. The Balaban J connectivity index is 1.46. The Hall–Kier alpha value is -3.04. The van der Waals surface area contributed by atoms with Crippen LogP contribution in [0, 0.1) is 5.82 Å². The molecule has 1 saturated carbocycles. The van der Waals surface area contributed by atoms with Crippen molar-refractivity contribution >= 4 is 16.6 Å². The van der Waals surface area contributed by atoms with E-state index in [4.69, 9.17) is 9.47 Å². The number of nitrogens with one attached hydrogen (secondary N) is 1. The minimum atomic E-state index is -2.89. The third-order valence-electron chi connectivity index (χ3n) is 6.76. The van der Waals surface area contributed by atoms with Crippen molar-refractivity contribution in [1.29, 1.82) is 0 Å². The van der Waals surface area contributed by atoms with Crippen molar-refractivity contribution in [2.45, 2.75) is 64.0 Å². The molecular weight excluding hydrogens is 471 g/mol. The number of aliphatic hydroxyl groups is 1. The van der Waals surface area contributed by atoms with Crippen molar-refractivity contribution < 1.29 is 27.8 Å². The van der Waals surface area contributed by atoms with Gasteiger partial charge in [-0.15, -0.1) is 0 Å². The van der Waals surface area contributed by atoms with Crippen LogP contribution in [0.5, 0.6) is 11.5 Å². The third kappa shape index (κ3) is 5.22. The number of aromatic nitrogens is 1. The van der Waals surface area contributed by atoms with E-state index in [0.29, 0.717) is 29.2 Å². The van der Waals surface area contributed by atoms with Gasteiger partial charge in [0, 0.05) is 42.0 Å². The molecule has 1 aliphatic carbocycles. The number of hydrogen-bond donors (Lipinski definition) is 2. The van der Waals surface area contributed by atoms with Gasteiger partial charge in [0.25, 0.3) is 6.43 Å². The van der Waals surface area contributed by atoms with E-state index < -0.39 is 30.1 Å². The number of anilines is 1. The van der Waals surface area contributed by atoms with E-state index in [1.807, 2.05) is 17.0 Å². The molecule has 2 fully saturated rings. The zero-order valence-electron chi connectivity index (χ0n) is 20.3. The van der Waals surface area contributed by atoms with Crippen LogP contribution < -0.4 is 14.8 Å². The Labute approximate surface area is 208 Å². The lowest BCUT2D eigenvalue weighted by Gasteiger charge is -2.22. The highest BCUT2D eigenvalue weighted by Crippen LogP contribution is 2.40. The van der Waals surface area contributed by atoms with Crippen LogP contribution in [0.25, 0.3) is 10.9 Å². The Morgan fingerprint density at radius 2 is 1.75 bits per heavy atom. The van der Waals surface area contributed by atoms with Gasteiger partial charge in [-0.2, -0.15) is 0 Å². The van der Waals surface area contributed by atoms with Crippen LogP contribution in [-0.4, -0.2) is 46.5 Å². The number of benzene rings is 2. The van der Waals surface area contributed by atoms with Gasteiger partial charge < -0.3 is 19.9 Å². The van der Waals surface area contributed by atoms with Crippen LogP contribution in [0.4, 0.5) is 18.9 Å². The molecule has 3 atom stereocenters. The third-order valence-corrected chi connectivity index (χ3v) is 6.76. The highest BCUT2D eigenvalue weighted by atomic mass is 19.3. The predicted molar refractivity (Wildman–Crippen MR) is 131 cm³/mol. The van der Waals surface area contributed by atoms with Crippen LogP contribution in [0.1, 0.15) is 56.7 Å². The lowest BCUT2D eigenvalue weighted by atomic mass is 10.0. The summed E-state index contributed by atoms with van der Waals surface area (Å²) in [7, 11) is 0. The van der Waals surface area contributed by atoms with Gasteiger partial charge in [0.05, 0.1) is 23.2 Å². The number of likely N-dealkylation sites (tertiary alicyclic amines) is 1. The molecule has 2 aliphatic rings. The minimum absolute atomic E-state index is 0.100. The minimum Gasteiger partial charge on any atom is -0.486 e. The van der Waals surface area contributed by atoms with Crippen molar-refractivity contribution in [3.63, 3.8) is 0 Å². The second kappa shape index (κ2) is 10.1. The number of pyridine rings is 1. The summed E-state index contributed by atoms with van der Waals surface area (Å²) >= 11 is 0. The fraction of sp³-hybridized carbons (Fsp3) is 0.444. The predicted octanol–water partition coefficient (Wildman–Crippen LogP) is 5.82. The van der Waals surface area contributed by atoms with Crippen molar-refractivity contribution in [2.24, 2.45) is 0 Å². The van der Waals surface area contributed by atoms with E-state index in [-0.39, 0.29) is 17.8 Å². The SMILES string of the molecule is CC(O)N1CC[C@H](Oc2cc3c(N[C@H](C)c4cccc(C(F)F)c4F)ccnc3cc2OC2CC2)C1. The molecule has 36 heavy (non-hydrogen) atoms. The van der Waals surface area contributed by atoms with Gasteiger partial charge in [-0.1, -0.05) is 18.2 Å². The first-order valence-electron chi connectivity index (χ1n) is 12.3. The molecule has 2 aromatic carbocycles. The van der Waals surface area contributed by atoms with Gasteiger partial charge in [-0.3, -0.25) is 9.88 Å². The quantitative estimate of drug-likeness (QED) is 0.385. The van der Waals surface area contributed by atoms with Gasteiger partial charge in [-0.05, 0) is 45.2 Å². The molecular formula is C27H30F3N3O3. The fourth-order valence-corrected chi connectivity index (χ4v) is 4.58. The monoisotopic (exact) mass is 501 g/mol. The Morgan fingerprint density at radius 3 is 2.44 bits per heavy atom. The number of aliphatic hydroxyl groups excluding tert-OH is 1. The van der Waals surface area contributed by atoms with Gasteiger partial charge in [0.1, 0.15) is 18.1 Å². The Kier molecular flexibility index (Phi) is 6.94. The molecule has 5 rings (SSSR count). The van der Waals surface area contributed by atoms with Gasteiger partial charge in [0.15, 0.2) is 11.5 Å². The topological polar surface area (TPSA) is 66.9 Å². The number of halogens is 3. The lowest BCUT2D eigenvalue weighted by Crippen LogP contribution is -2.32. The molecule has 0 radical (unpaired) electrons. The summed E-state index contributed by atoms with van der Waals surface area (Å²) in [4.78, 5) is 6.43. The maximum atomic E-state index is 14.8. The average Bonchev–Trinajstić information content (AvgIpc) is 3.53. The van der Waals surface area contributed by atoms with Crippen LogP contribution >= 0.6 is 0 Å². The van der Waals surface area contributed by atoms with Crippen molar-refractivity contribution in [3.05, 3.63) is 59.5 Å². The van der Waals surface area contributed by atoms with E-state index in [0.717, 1.165) is 37.3 Å². The Morgan fingerprint density at radius 1 is 1.03 bits per heavy atom. The first-order valence-corrected chi connectivity index (χ1v) is 12.3. The van der Waals surface area contributed by atoms with Crippen molar-refractivity contribution in [3.8, 4) is 11.5 Å². The molecule has 3 aromatic rings. The summed E-state index contributed by atoms with van der Waals surface area (Å²) in [5.74, 6) is 0.300. The molecule has 1 aromatic heterocycles. The van der Waals surface area contributed by atoms with Crippen LogP contribution in [0.15, 0.2) is 42.6 Å². The second-order valence-corrected chi connectivity index (χ2v) is 9.56. The first kappa shape index (κ1) is 24.6. The van der Waals surface area contributed by atoms with E-state index >= 15 is 0 Å². The van der Waals surface area contributed by atoms with E-state index in [2.05, 4.69) is 10.3 Å². The zero-order chi connectivity index (χ0) is 25.4. The molecule has 192 valence electrons. The molecule has 2 N–H and O–H groups in total. The second-order valence-electron chi connectivity index (χ2n) is 9.56. The lowest BCUT2D eigenvalue weighted by molar-refractivity contribution is 0.0289. The maximum absolute atomic E-state index is 14.8. The molecule has 0 amide bonds. The fourth-order valence-electron chi connectivity index (χ4n) is 4.58. The summed E-state index contributed by atoms with van der Waals surface area (Å²) in [6, 6.07) is 8.95. The highest BCUT2D eigenvalue weighted by Gasteiger charge is 2.30. The van der Waals surface area contributed by atoms with Crippen molar-refractivity contribution in [2.75, 3.05) is 18.4 Å². The molecule has 0 spiro atoms. The average molecular weight is 502 g/mol. The van der Waals surface area contributed by atoms with Crippen molar-refractivity contribution in [1.82, 2.24) is 9.88 Å². The van der Waals surface area contributed by atoms with E-state index in [9.17, 15) is 18.3 Å². The molecule has 1 unspecified atom stereocenters. The Bertz CT molecular complexity index is 1240. The van der Waals surface area contributed by atoms with Crippen LogP contribution in [0.3, 0.4) is 0 Å². The summed E-state index contributed by atoms with van der Waals surface area (Å²) in [5, 5.41) is 13.9. The van der Waals surface area contributed by atoms with Gasteiger partial charge in [0.2, 0.25) is 0 Å². The number of hydrogen-bond acceptors (Lipinski definition) is 6. The summed E-state index contributed by atoms with van der Waals surface area (Å²) in [5.41, 5.74) is 0.899. The largest absolute Gasteiger partial charge is 0.486 e. The summed E-state index contributed by atoms with van der Waals surface area (Å²) < 4.78 is 53.6. The standard InChI is InChI=1S/C27H30F3N3O3/c1-15(19-4-3-5-20(26(19)28)27(29)30)32-22-8-10-31-23-13-25(35-17-6-7-17)24(12-21(22)23)36-18-9-11-33(14-18)16(2)34/h3-5,8,10,12-13,15-18,27,34H,6-7,9,11,14H2,1-2H3,(H,31,32)/t15-,16?,18+/m1/s1. The zero-order valence-corrected chi connectivity index (χ0v) is 20.3. The first-order chi connectivity index (χ1) is 17.3. The number of nitrogens with zero attached hydrogens (tertiary/aromatic N) is 2. The number of rotatable bonds is 9. The normalized spacial score (nSPS) is 20.0. The van der Waals surface area contributed by atoms with Crippen LogP contribution in [0.2, 0.25) is 0 Å². The molecule has 9 heteroatoms. The molecule has 2 heterocycles. The van der Waals surface area contributed by atoms with E-state index in [1.165, 1.54) is 12.1 Å². The van der Waals surface area contributed by atoms with E-state index in [1.54, 1.807) is 26.1 Å². The van der Waals surface area contributed by atoms with Crippen LogP contribution in [-0.2, 0) is 0 Å². The number of alkyl halides is 2. The smallest absolute Gasteiger partial charge is 0.266 e. The number of ether oxygens (including phenoxy) is 2. The molecule has 1 saturated heterocycles. The van der Waals surface area contributed by atoms with Gasteiger partial charge in [-0.25, -0.2) is 13.2 Å². The summed E-state index contributed by atoms with van der Waals surface area (Å²) in [6.45, 7) is 4.81. The summed E-state index contributed by atoms with van der Waals surface area (Å²) in [6.07, 6.45) is 1.04. The number of fused-ring (bicyclic) bond motifs is 1. The molecule has 6 nitrogen and oxygen atoms in total. The molecule has 1 aliphatic heterocycles. The molecule has 0 bridgehead atoms.